The maximum absolute atomic E-state index is 11.2. The first-order valence-corrected chi connectivity index (χ1v) is 4.98. The van der Waals surface area contributed by atoms with Gasteiger partial charge in [0, 0.05) is 0 Å². The van der Waals surface area contributed by atoms with E-state index in [1.165, 1.54) is 5.56 Å². The molecule has 0 fully saturated rings. The van der Waals surface area contributed by atoms with Gasteiger partial charge >= 0.3 is 86.1 Å². The van der Waals surface area contributed by atoms with E-state index in [1.807, 2.05) is 32.9 Å². The molecule has 12 heavy (non-hydrogen) atoms. The van der Waals surface area contributed by atoms with Crippen LogP contribution in [0.1, 0.15) is 27.0 Å². The molecule has 0 aliphatic rings. The summed E-state index contributed by atoms with van der Waals surface area (Å²) in [6.07, 6.45) is 0. The molecule has 63 valence electrons. The molecular weight excluding hydrogens is 264 g/mol. The van der Waals surface area contributed by atoms with Gasteiger partial charge in [-0.2, -0.15) is 0 Å². The van der Waals surface area contributed by atoms with Crippen molar-refractivity contribution >= 4 is 26.1 Å². The molecule has 0 aromatic heterocycles. The van der Waals surface area contributed by atoms with Crippen LogP contribution in [0.25, 0.3) is 0 Å². The molecule has 1 aromatic carbocycles. The predicted molar refractivity (Wildman–Crippen MR) is 50.7 cm³/mol. The summed E-state index contributed by atoms with van der Waals surface area (Å²) in [6, 6.07) is 4.09. The molecule has 0 unspecified atom stereocenters. The molecule has 0 bridgehead atoms. The predicted octanol–water partition coefficient (Wildman–Crippen LogP) is 1.92. The average molecular weight is 275 g/mol. The van der Waals surface area contributed by atoms with Crippen molar-refractivity contribution in [3.05, 3.63) is 34.4 Å². The van der Waals surface area contributed by atoms with E-state index in [0.717, 1.165) is 16.7 Å². The Morgan fingerprint density at radius 1 is 1.17 bits per heavy atom. The molecule has 1 radical (unpaired) electrons. The Hall–Kier alpha value is -0.320. The second-order valence-corrected chi connectivity index (χ2v) is 4.12. The van der Waals surface area contributed by atoms with E-state index >= 15 is 0 Å². The normalized spacial score (nSPS) is 9.92. The number of aryl methyl sites for hydroxylation is 3. The van der Waals surface area contributed by atoms with Crippen molar-refractivity contribution in [2.45, 2.75) is 20.8 Å². The molecule has 0 saturated carbocycles. The van der Waals surface area contributed by atoms with Crippen LogP contribution >= 0.6 is 0 Å². The summed E-state index contributed by atoms with van der Waals surface area (Å²) >= 11 is 1.54. The van der Waals surface area contributed by atoms with Crippen LogP contribution in [-0.4, -0.2) is 26.1 Å². The molecule has 0 heterocycles. The minimum absolute atomic E-state index is 0.167. The van der Waals surface area contributed by atoms with Crippen LogP contribution in [0.2, 0.25) is 0 Å². The van der Waals surface area contributed by atoms with Crippen LogP contribution in [0.4, 0.5) is 0 Å². The van der Waals surface area contributed by atoms with Crippen LogP contribution in [0, 0.1) is 20.8 Å². The number of hydrogen-bond donors (Lipinski definition) is 0. The Morgan fingerprint density at radius 3 is 1.92 bits per heavy atom. The van der Waals surface area contributed by atoms with Crippen molar-refractivity contribution in [1.82, 2.24) is 0 Å². The molecule has 0 atom stereocenters. The Bertz CT molecular complexity index is 306. The molecule has 0 N–H and O–H groups in total. The third-order valence-electron chi connectivity index (χ3n) is 1.88. The Morgan fingerprint density at radius 2 is 1.58 bits per heavy atom. The van der Waals surface area contributed by atoms with Crippen molar-refractivity contribution in [2.75, 3.05) is 0 Å². The zero-order valence-corrected chi connectivity index (χ0v) is 9.80. The molecule has 1 nitrogen and oxygen atoms in total. The minimum atomic E-state index is 0.167. The molecule has 0 saturated heterocycles. The fourth-order valence-electron chi connectivity index (χ4n) is 1.50. The average Bonchev–Trinajstić information content (AvgIpc) is 1.82. The van der Waals surface area contributed by atoms with Gasteiger partial charge in [-0.25, -0.2) is 0 Å². The van der Waals surface area contributed by atoms with Crippen molar-refractivity contribution in [3.8, 4) is 0 Å². The van der Waals surface area contributed by atoms with E-state index in [9.17, 15) is 4.79 Å². The van der Waals surface area contributed by atoms with Crippen molar-refractivity contribution in [3.63, 3.8) is 0 Å². The molecule has 2 heteroatoms. The standard InChI is InChI=1S/C10H11OTe/c1-6-4-7(2)9(10(11)12)8(3)5-6/h4-5H,1-3H3. The molecule has 0 aliphatic heterocycles. The second-order valence-electron chi connectivity index (χ2n) is 3.06. The summed E-state index contributed by atoms with van der Waals surface area (Å²) < 4.78 is 0.167. The van der Waals surface area contributed by atoms with E-state index in [0.29, 0.717) is 0 Å². The summed E-state index contributed by atoms with van der Waals surface area (Å²) in [5.74, 6) is 0. The molecular formula is C10H11OTe. The summed E-state index contributed by atoms with van der Waals surface area (Å²) in [5, 5.41) is 0. The zero-order chi connectivity index (χ0) is 9.30. The third kappa shape index (κ3) is 1.88. The van der Waals surface area contributed by atoms with Gasteiger partial charge < -0.3 is 0 Å². The van der Waals surface area contributed by atoms with E-state index in [4.69, 9.17) is 0 Å². The fourth-order valence-corrected chi connectivity index (χ4v) is 2.42. The van der Waals surface area contributed by atoms with Crippen LogP contribution in [0.15, 0.2) is 12.1 Å². The van der Waals surface area contributed by atoms with Gasteiger partial charge in [-0.15, -0.1) is 0 Å². The third-order valence-corrected chi connectivity index (χ3v) is 2.46. The van der Waals surface area contributed by atoms with E-state index < -0.39 is 0 Å². The van der Waals surface area contributed by atoms with Gasteiger partial charge in [0.15, 0.2) is 0 Å². The van der Waals surface area contributed by atoms with Gasteiger partial charge in [0.05, 0.1) is 0 Å². The Kier molecular flexibility index (Phi) is 2.93. The molecule has 0 spiro atoms. The number of carbonyl (C=O) groups is 1. The van der Waals surface area contributed by atoms with Gasteiger partial charge in [-0.1, -0.05) is 0 Å². The maximum atomic E-state index is 11.2. The van der Waals surface area contributed by atoms with Crippen molar-refractivity contribution in [2.24, 2.45) is 0 Å². The molecule has 1 aromatic rings. The van der Waals surface area contributed by atoms with Gasteiger partial charge in [0.25, 0.3) is 0 Å². The van der Waals surface area contributed by atoms with Crippen molar-refractivity contribution < 1.29 is 4.79 Å². The van der Waals surface area contributed by atoms with Crippen molar-refractivity contribution in [1.29, 1.82) is 0 Å². The summed E-state index contributed by atoms with van der Waals surface area (Å²) in [7, 11) is 0. The van der Waals surface area contributed by atoms with Crippen LogP contribution in [0.5, 0.6) is 0 Å². The van der Waals surface area contributed by atoms with Crippen LogP contribution in [-0.2, 0) is 0 Å². The zero-order valence-electron chi connectivity index (χ0n) is 7.47. The van der Waals surface area contributed by atoms with Gasteiger partial charge in [-0.05, 0) is 0 Å². The van der Waals surface area contributed by atoms with Crippen LogP contribution in [0.3, 0.4) is 0 Å². The number of rotatable bonds is 1. The van der Waals surface area contributed by atoms with E-state index in [-0.39, 0.29) is 3.83 Å². The van der Waals surface area contributed by atoms with E-state index in [2.05, 4.69) is 0 Å². The number of benzene rings is 1. The summed E-state index contributed by atoms with van der Waals surface area (Å²) in [6.45, 7) is 6.02. The SMILES string of the molecule is Cc1cc(C)c(C(=O)[Te])c(C)c1. The first-order valence-electron chi connectivity index (χ1n) is 3.81. The summed E-state index contributed by atoms with van der Waals surface area (Å²) in [5.41, 5.74) is 4.27. The quantitative estimate of drug-likeness (QED) is 0.715. The Labute approximate surface area is 86.1 Å². The summed E-state index contributed by atoms with van der Waals surface area (Å²) in [4.78, 5) is 11.2. The molecule has 0 aliphatic carbocycles. The Balaban J connectivity index is 3.38. The number of carbonyl (C=O) groups excluding carboxylic acids is 1. The first kappa shape index (κ1) is 9.77. The van der Waals surface area contributed by atoms with E-state index in [1.54, 1.807) is 22.3 Å². The molecule has 1 rings (SSSR count). The van der Waals surface area contributed by atoms with Gasteiger partial charge in [0.1, 0.15) is 0 Å². The first-order chi connectivity index (χ1) is 5.52. The van der Waals surface area contributed by atoms with Gasteiger partial charge in [0.2, 0.25) is 0 Å². The monoisotopic (exact) mass is 277 g/mol. The molecule has 0 amide bonds. The van der Waals surface area contributed by atoms with Gasteiger partial charge in [-0.3, -0.25) is 0 Å². The number of hydrogen-bond acceptors (Lipinski definition) is 1. The topological polar surface area (TPSA) is 17.1 Å². The second kappa shape index (κ2) is 3.60. The fraction of sp³-hybridized carbons (Fsp3) is 0.300. The van der Waals surface area contributed by atoms with Crippen LogP contribution < -0.4 is 0 Å².